The number of carbonyl (C=O) groups excluding carboxylic acids is 1. The minimum atomic E-state index is -3.72. The second kappa shape index (κ2) is 13.7. The summed E-state index contributed by atoms with van der Waals surface area (Å²) < 4.78 is 28.5. The van der Waals surface area contributed by atoms with Crippen molar-refractivity contribution in [2.24, 2.45) is 0 Å². The number of sulfonamides is 1. The number of anilines is 1. The van der Waals surface area contributed by atoms with Crippen molar-refractivity contribution >= 4 is 66.6 Å². The Morgan fingerprint density at radius 2 is 1.62 bits per heavy atom. The summed E-state index contributed by atoms with van der Waals surface area (Å²) >= 11 is 7.57. The summed E-state index contributed by atoms with van der Waals surface area (Å²) in [6.45, 7) is 7.31. The lowest BCUT2D eigenvalue weighted by Crippen LogP contribution is -2.38. The molecule has 11 heteroatoms. The molecule has 0 radical (unpaired) electrons. The van der Waals surface area contributed by atoms with Gasteiger partial charge in [0, 0.05) is 37.3 Å². The lowest BCUT2D eigenvalue weighted by molar-refractivity contribution is 0.0983. The lowest BCUT2D eigenvalue weighted by atomic mass is 10.2. The maximum absolute atomic E-state index is 13.7. The van der Waals surface area contributed by atoms with E-state index in [0.717, 1.165) is 28.9 Å². The van der Waals surface area contributed by atoms with Gasteiger partial charge < -0.3 is 4.90 Å². The van der Waals surface area contributed by atoms with Crippen molar-refractivity contribution in [3.63, 3.8) is 0 Å². The van der Waals surface area contributed by atoms with E-state index >= 15 is 0 Å². The number of halogens is 2. The number of benzene rings is 3. The minimum absolute atomic E-state index is 0. The molecule has 4 aromatic rings. The van der Waals surface area contributed by atoms with Gasteiger partial charge in [0.05, 0.1) is 15.1 Å². The van der Waals surface area contributed by atoms with E-state index in [4.69, 9.17) is 16.6 Å². The first-order valence-electron chi connectivity index (χ1n) is 12.4. The zero-order valence-corrected chi connectivity index (χ0v) is 25.3. The summed E-state index contributed by atoms with van der Waals surface area (Å²) in [5, 5.41) is 1.20. The Kier molecular flexibility index (Phi) is 10.9. The highest BCUT2D eigenvalue weighted by molar-refractivity contribution is 7.89. The molecule has 0 N–H and O–H groups in total. The zero-order valence-electron chi connectivity index (χ0n) is 22.1. The van der Waals surface area contributed by atoms with E-state index in [1.807, 2.05) is 42.5 Å². The molecule has 1 heterocycles. The average molecular weight is 608 g/mol. The molecule has 3 aromatic carbocycles. The lowest BCUT2D eigenvalue weighted by Gasteiger charge is -2.25. The number of amides is 1. The van der Waals surface area contributed by atoms with Gasteiger partial charge >= 0.3 is 0 Å². The van der Waals surface area contributed by atoms with E-state index in [0.29, 0.717) is 28.8 Å². The second-order valence-corrected chi connectivity index (χ2v) is 12.4. The normalized spacial score (nSPS) is 11.6. The quantitative estimate of drug-likeness (QED) is 0.204. The largest absolute Gasteiger partial charge is 0.302 e. The van der Waals surface area contributed by atoms with Crippen LogP contribution in [0.1, 0.15) is 29.8 Å². The standard InChI is InChI=1S/C28H31ClN4O3S2.ClH/c1-4-32(5-2)17-18-33(28-30-25-16-13-23(29)19-26(25)37-28)27(34)22-11-14-24(15-12-22)38(35,36)31(3)20-21-9-7-6-8-10-21;/h6-16,19H,4-5,17-18,20H2,1-3H3;1H. The van der Waals surface area contributed by atoms with E-state index in [9.17, 15) is 13.2 Å². The fraction of sp³-hybridized carbons (Fsp3) is 0.286. The molecular weight excluding hydrogens is 575 g/mol. The molecule has 0 spiro atoms. The van der Waals surface area contributed by atoms with Gasteiger partial charge in [-0.2, -0.15) is 4.31 Å². The molecule has 4 rings (SSSR count). The highest BCUT2D eigenvalue weighted by Gasteiger charge is 2.25. The van der Waals surface area contributed by atoms with Crippen LogP contribution < -0.4 is 4.90 Å². The van der Waals surface area contributed by atoms with Crippen LogP contribution in [0.4, 0.5) is 5.13 Å². The predicted molar refractivity (Wildman–Crippen MR) is 163 cm³/mol. The van der Waals surface area contributed by atoms with Gasteiger partial charge in [-0.1, -0.05) is 67.1 Å². The van der Waals surface area contributed by atoms with Crippen LogP contribution in [0.5, 0.6) is 0 Å². The van der Waals surface area contributed by atoms with E-state index in [1.54, 1.807) is 30.1 Å². The predicted octanol–water partition coefficient (Wildman–Crippen LogP) is 6.18. The third kappa shape index (κ3) is 7.36. The second-order valence-electron chi connectivity index (χ2n) is 8.86. The molecule has 7 nitrogen and oxygen atoms in total. The number of thiazole rings is 1. The topological polar surface area (TPSA) is 73.8 Å². The number of likely N-dealkylation sites (N-methyl/N-ethyl adjacent to an activating group) is 1. The highest BCUT2D eigenvalue weighted by Crippen LogP contribution is 2.31. The van der Waals surface area contributed by atoms with Crippen molar-refractivity contribution in [1.82, 2.24) is 14.2 Å². The molecule has 0 atom stereocenters. The summed E-state index contributed by atoms with van der Waals surface area (Å²) in [6.07, 6.45) is 0. The molecule has 208 valence electrons. The van der Waals surface area contributed by atoms with Crippen LogP contribution in [0.2, 0.25) is 5.02 Å². The van der Waals surface area contributed by atoms with E-state index in [-0.39, 0.29) is 29.8 Å². The van der Waals surface area contributed by atoms with Crippen LogP contribution in [-0.4, -0.2) is 61.7 Å². The van der Waals surface area contributed by atoms with Crippen LogP contribution in [0.15, 0.2) is 77.7 Å². The van der Waals surface area contributed by atoms with E-state index < -0.39 is 10.0 Å². The fourth-order valence-corrected chi connectivity index (χ4v) is 6.52. The van der Waals surface area contributed by atoms with Gasteiger partial charge in [-0.05, 0) is 61.1 Å². The average Bonchev–Trinajstić information content (AvgIpc) is 3.34. The van der Waals surface area contributed by atoms with E-state index in [2.05, 4.69) is 18.7 Å². The molecular formula is C28H32Cl2N4O3S2. The van der Waals surface area contributed by atoms with Crippen molar-refractivity contribution in [2.45, 2.75) is 25.3 Å². The molecule has 0 aliphatic carbocycles. The Morgan fingerprint density at radius 1 is 0.949 bits per heavy atom. The number of aromatic nitrogens is 1. The summed E-state index contributed by atoms with van der Waals surface area (Å²) in [5.41, 5.74) is 2.07. The molecule has 0 saturated carbocycles. The third-order valence-corrected chi connectivity index (χ3v) is 9.50. The Balaban J connectivity index is 0.00000420. The maximum atomic E-state index is 13.7. The van der Waals surface area contributed by atoms with Gasteiger partial charge in [-0.15, -0.1) is 12.4 Å². The SMILES string of the molecule is CCN(CC)CCN(C(=O)c1ccc(S(=O)(=O)N(C)Cc2ccccc2)cc1)c1nc2ccc(Cl)cc2s1.Cl. The molecule has 39 heavy (non-hydrogen) atoms. The van der Waals surface area contributed by atoms with Crippen LogP contribution >= 0.6 is 35.3 Å². The number of fused-ring (bicyclic) bond motifs is 1. The summed E-state index contributed by atoms with van der Waals surface area (Å²) in [7, 11) is -2.17. The molecule has 1 aromatic heterocycles. The van der Waals surface area contributed by atoms with Crippen LogP contribution in [0, 0.1) is 0 Å². The third-order valence-electron chi connectivity index (χ3n) is 6.41. The number of rotatable bonds is 11. The zero-order chi connectivity index (χ0) is 27.3. The number of hydrogen-bond acceptors (Lipinski definition) is 6. The van der Waals surface area contributed by atoms with Gasteiger partial charge in [-0.25, -0.2) is 13.4 Å². The van der Waals surface area contributed by atoms with Crippen molar-refractivity contribution in [2.75, 3.05) is 38.1 Å². The molecule has 0 unspecified atom stereocenters. The van der Waals surface area contributed by atoms with Gasteiger partial charge in [0.2, 0.25) is 10.0 Å². The summed E-state index contributed by atoms with van der Waals surface area (Å²) in [5.74, 6) is -0.233. The van der Waals surface area contributed by atoms with Gasteiger partial charge in [0.25, 0.3) is 5.91 Å². The van der Waals surface area contributed by atoms with Crippen molar-refractivity contribution in [1.29, 1.82) is 0 Å². The Hall–Kier alpha value is -2.53. The van der Waals surface area contributed by atoms with Crippen molar-refractivity contribution in [3.05, 3.63) is 88.9 Å². The number of nitrogens with zero attached hydrogens (tertiary/aromatic N) is 4. The van der Waals surface area contributed by atoms with Gasteiger partial charge in [0.15, 0.2) is 5.13 Å². The Morgan fingerprint density at radius 3 is 2.26 bits per heavy atom. The Bertz CT molecular complexity index is 1490. The molecule has 0 saturated heterocycles. The fourth-order valence-electron chi connectivity index (χ4n) is 4.10. The summed E-state index contributed by atoms with van der Waals surface area (Å²) in [4.78, 5) is 22.4. The van der Waals surface area contributed by atoms with Gasteiger partial charge in [0.1, 0.15) is 0 Å². The summed E-state index contributed by atoms with van der Waals surface area (Å²) in [6, 6.07) is 21.0. The van der Waals surface area contributed by atoms with Crippen LogP contribution in [-0.2, 0) is 16.6 Å². The molecule has 0 fully saturated rings. The first-order valence-corrected chi connectivity index (χ1v) is 15.1. The molecule has 0 bridgehead atoms. The maximum Gasteiger partial charge on any atom is 0.260 e. The molecule has 0 aliphatic heterocycles. The van der Waals surface area contributed by atoms with Crippen LogP contribution in [0.25, 0.3) is 10.2 Å². The first-order chi connectivity index (χ1) is 18.2. The van der Waals surface area contributed by atoms with Crippen molar-refractivity contribution < 1.29 is 13.2 Å². The number of carbonyl (C=O) groups is 1. The van der Waals surface area contributed by atoms with Gasteiger partial charge in [-0.3, -0.25) is 9.69 Å². The highest BCUT2D eigenvalue weighted by atomic mass is 35.5. The molecule has 0 aliphatic rings. The molecule has 1 amide bonds. The van der Waals surface area contributed by atoms with E-state index in [1.165, 1.54) is 27.8 Å². The Labute approximate surface area is 245 Å². The minimum Gasteiger partial charge on any atom is -0.302 e. The van der Waals surface area contributed by atoms with Crippen molar-refractivity contribution in [3.8, 4) is 0 Å². The number of hydrogen-bond donors (Lipinski definition) is 0. The smallest absolute Gasteiger partial charge is 0.260 e. The monoisotopic (exact) mass is 606 g/mol. The first kappa shape index (κ1) is 31.0. The van der Waals surface area contributed by atoms with Crippen LogP contribution in [0.3, 0.4) is 0 Å².